The highest BCUT2D eigenvalue weighted by atomic mass is 16.5. The maximum Gasteiger partial charge on any atom is 0.123 e. The lowest BCUT2D eigenvalue weighted by Crippen LogP contribution is -2.32. The molecule has 0 aliphatic heterocycles. The number of hydrogen-bond acceptors (Lipinski definition) is 4. The van der Waals surface area contributed by atoms with Gasteiger partial charge < -0.3 is 19.9 Å². The second-order valence-electron chi connectivity index (χ2n) is 4.33. The summed E-state index contributed by atoms with van der Waals surface area (Å²) >= 11 is 0. The Morgan fingerprint density at radius 1 is 1.41 bits per heavy atom. The standard InChI is InChI=1S/C13H19NO3/c1-16-12-3-2-4-13(7-12)17-9-11(15)8-14-10-5-6-10/h2-4,7,10-11,14-15H,5-6,8-9H2,1H3. The Labute approximate surface area is 102 Å². The third-order valence-electron chi connectivity index (χ3n) is 2.70. The third kappa shape index (κ3) is 4.24. The topological polar surface area (TPSA) is 50.7 Å². The molecule has 1 unspecified atom stereocenters. The molecule has 0 heterocycles. The summed E-state index contributed by atoms with van der Waals surface area (Å²) < 4.78 is 10.6. The monoisotopic (exact) mass is 237 g/mol. The number of hydrogen-bond donors (Lipinski definition) is 2. The van der Waals surface area contributed by atoms with Crippen LogP contribution in [-0.2, 0) is 0 Å². The zero-order valence-corrected chi connectivity index (χ0v) is 10.1. The Bertz CT molecular complexity index is 352. The highest BCUT2D eigenvalue weighted by molar-refractivity contribution is 5.32. The first-order valence-electron chi connectivity index (χ1n) is 5.96. The van der Waals surface area contributed by atoms with Crippen molar-refractivity contribution >= 4 is 0 Å². The van der Waals surface area contributed by atoms with Crippen molar-refractivity contribution in [3.8, 4) is 11.5 Å². The van der Waals surface area contributed by atoms with Crippen molar-refractivity contribution in [3.05, 3.63) is 24.3 Å². The number of ether oxygens (including phenoxy) is 2. The summed E-state index contributed by atoms with van der Waals surface area (Å²) in [6.45, 7) is 0.890. The van der Waals surface area contributed by atoms with E-state index >= 15 is 0 Å². The number of aliphatic hydroxyl groups excluding tert-OH is 1. The van der Waals surface area contributed by atoms with Crippen LogP contribution in [-0.4, -0.2) is 37.5 Å². The van der Waals surface area contributed by atoms with Crippen molar-refractivity contribution in [2.24, 2.45) is 0 Å². The summed E-state index contributed by atoms with van der Waals surface area (Å²) in [7, 11) is 1.62. The second-order valence-corrected chi connectivity index (χ2v) is 4.33. The minimum absolute atomic E-state index is 0.298. The number of rotatable bonds is 7. The molecule has 17 heavy (non-hydrogen) atoms. The van der Waals surface area contributed by atoms with Gasteiger partial charge in [0.25, 0.3) is 0 Å². The summed E-state index contributed by atoms with van der Waals surface area (Å²) in [4.78, 5) is 0. The average Bonchev–Trinajstić information content (AvgIpc) is 3.18. The smallest absolute Gasteiger partial charge is 0.123 e. The van der Waals surface area contributed by atoms with Gasteiger partial charge in [0.05, 0.1) is 7.11 Å². The van der Waals surface area contributed by atoms with Crippen LogP contribution in [0, 0.1) is 0 Å². The lowest BCUT2D eigenvalue weighted by Gasteiger charge is -2.13. The molecule has 4 heteroatoms. The minimum atomic E-state index is -0.471. The Kier molecular flexibility index (Phi) is 4.23. The van der Waals surface area contributed by atoms with Crippen LogP contribution in [0.4, 0.5) is 0 Å². The minimum Gasteiger partial charge on any atom is -0.497 e. The number of benzene rings is 1. The van der Waals surface area contributed by atoms with Gasteiger partial charge in [-0.05, 0) is 25.0 Å². The number of aliphatic hydroxyl groups is 1. The molecular weight excluding hydrogens is 218 g/mol. The van der Waals surface area contributed by atoms with Crippen LogP contribution in [0.3, 0.4) is 0 Å². The fourth-order valence-electron chi connectivity index (χ4n) is 1.53. The zero-order valence-electron chi connectivity index (χ0n) is 10.1. The Hall–Kier alpha value is -1.26. The molecule has 0 radical (unpaired) electrons. The molecule has 94 valence electrons. The van der Waals surface area contributed by atoms with Gasteiger partial charge in [-0.25, -0.2) is 0 Å². The van der Waals surface area contributed by atoms with Crippen LogP contribution in [0.1, 0.15) is 12.8 Å². The molecule has 2 N–H and O–H groups in total. The van der Waals surface area contributed by atoms with Gasteiger partial charge in [-0.1, -0.05) is 6.07 Å². The van der Waals surface area contributed by atoms with Gasteiger partial charge in [0.2, 0.25) is 0 Å². The average molecular weight is 237 g/mol. The van der Waals surface area contributed by atoms with E-state index in [1.165, 1.54) is 12.8 Å². The highest BCUT2D eigenvalue weighted by Crippen LogP contribution is 2.19. The molecule has 1 saturated carbocycles. The van der Waals surface area contributed by atoms with Gasteiger partial charge in [-0.15, -0.1) is 0 Å². The Balaban J connectivity index is 1.71. The molecule has 2 rings (SSSR count). The summed E-state index contributed by atoms with van der Waals surface area (Å²) in [5, 5.41) is 13.0. The van der Waals surface area contributed by atoms with E-state index in [1.807, 2.05) is 18.2 Å². The predicted molar refractivity (Wildman–Crippen MR) is 65.5 cm³/mol. The van der Waals surface area contributed by atoms with Crippen molar-refractivity contribution in [1.29, 1.82) is 0 Å². The van der Waals surface area contributed by atoms with Gasteiger partial charge in [0.1, 0.15) is 24.2 Å². The summed E-state index contributed by atoms with van der Waals surface area (Å²) in [5.74, 6) is 1.47. The molecule has 1 aliphatic carbocycles. The van der Waals surface area contributed by atoms with E-state index in [9.17, 15) is 5.11 Å². The fourth-order valence-corrected chi connectivity index (χ4v) is 1.53. The van der Waals surface area contributed by atoms with Crippen molar-refractivity contribution < 1.29 is 14.6 Å². The first-order valence-corrected chi connectivity index (χ1v) is 5.96. The van der Waals surface area contributed by atoms with Gasteiger partial charge >= 0.3 is 0 Å². The van der Waals surface area contributed by atoms with Crippen LogP contribution in [0.2, 0.25) is 0 Å². The van der Waals surface area contributed by atoms with E-state index < -0.39 is 6.10 Å². The molecule has 0 spiro atoms. The lowest BCUT2D eigenvalue weighted by molar-refractivity contribution is 0.106. The Morgan fingerprint density at radius 3 is 2.88 bits per heavy atom. The molecule has 1 aromatic rings. The predicted octanol–water partition coefficient (Wildman–Crippen LogP) is 1.19. The summed E-state index contributed by atoms with van der Waals surface area (Å²) in [5.41, 5.74) is 0. The van der Waals surface area contributed by atoms with E-state index in [4.69, 9.17) is 9.47 Å². The van der Waals surface area contributed by atoms with Crippen molar-refractivity contribution in [2.75, 3.05) is 20.3 Å². The molecule has 1 fully saturated rings. The maximum absolute atomic E-state index is 9.69. The summed E-state index contributed by atoms with van der Waals surface area (Å²) in [6.07, 6.45) is 1.98. The van der Waals surface area contributed by atoms with Gasteiger partial charge in [0, 0.05) is 18.7 Å². The molecule has 1 aliphatic rings. The van der Waals surface area contributed by atoms with Crippen molar-refractivity contribution in [2.45, 2.75) is 25.0 Å². The van der Waals surface area contributed by atoms with Crippen LogP contribution in [0.5, 0.6) is 11.5 Å². The Morgan fingerprint density at radius 2 is 2.18 bits per heavy atom. The molecule has 0 aromatic heterocycles. The maximum atomic E-state index is 9.69. The van der Waals surface area contributed by atoms with Crippen molar-refractivity contribution in [1.82, 2.24) is 5.32 Å². The largest absolute Gasteiger partial charge is 0.497 e. The molecular formula is C13H19NO3. The molecule has 1 aromatic carbocycles. The third-order valence-corrected chi connectivity index (χ3v) is 2.70. The van der Waals surface area contributed by atoms with E-state index in [0.717, 1.165) is 11.5 Å². The molecule has 4 nitrogen and oxygen atoms in total. The van der Waals surface area contributed by atoms with E-state index in [2.05, 4.69) is 5.32 Å². The van der Waals surface area contributed by atoms with Crippen LogP contribution in [0.15, 0.2) is 24.3 Å². The van der Waals surface area contributed by atoms with Crippen molar-refractivity contribution in [3.63, 3.8) is 0 Å². The first kappa shape index (κ1) is 12.2. The quantitative estimate of drug-likeness (QED) is 0.748. The normalized spacial score (nSPS) is 16.6. The lowest BCUT2D eigenvalue weighted by atomic mass is 10.3. The highest BCUT2D eigenvalue weighted by Gasteiger charge is 2.21. The van der Waals surface area contributed by atoms with Crippen LogP contribution in [0.25, 0.3) is 0 Å². The van der Waals surface area contributed by atoms with E-state index in [0.29, 0.717) is 19.2 Å². The SMILES string of the molecule is COc1cccc(OCC(O)CNC2CC2)c1. The zero-order chi connectivity index (χ0) is 12.1. The molecule has 0 saturated heterocycles. The number of nitrogens with one attached hydrogen (secondary N) is 1. The fraction of sp³-hybridized carbons (Fsp3) is 0.538. The van der Waals surface area contributed by atoms with Crippen LogP contribution >= 0.6 is 0 Å². The first-order chi connectivity index (χ1) is 8.28. The molecule has 1 atom stereocenters. The van der Waals surface area contributed by atoms with Gasteiger partial charge in [0.15, 0.2) is 0 Å². The van der Waals surface area contributed by atoms with E-state index in [1.54, 1.807) is 13.2 Å². The van der Waals surface area contributed by atoms with E-state index in [-0.39, 0.29) is 0 Å². The van der Waals surface area contributed by atoms with Crippen LogP contribution < -0.4 is 14.8 Å². The number of methoxy groups -OCH3 is 1. The molecule has 0 bridgehead atoms. The van der Waals surface area contributed by atoms with Gasteiger partial charge in [-0.2, -0.15) is 0 Å². The summed E-state index contributed by atoms with van der Waals surface area (Å²) in [6, 6.07) is 7.99. The molecule has 0 amide bonds. The second kappa shape index (κ2) is 5.89. The van der Waals surface area contributed by atoms with Gasteiger partial charge in [-0.3, -0.25) is 0 Å².